The SMILES string of the molecule is CC(=O)N[C@@H](Cc1c[nH]c2ccccc12)C(=O)NCc1ccc(C(=O)N2CCOCC2)cc1. The molecule has 0 radical (unpaired) electrons. The molecule has 172 valence electrons. The molecule has 0 bridgehead atoms. The summed E-state index contributed by atoms with van der Waals surface area (Å²) in [5.74, 6) is -0.539. The van der Waals surface area contributed by atoms with Crippen molar-refractivity contribution in [2.75, 3.05) is 26.3 Å². The average Bonchev–Trinajstić information content (AvgIpc) is 3.25. The number of aromatic amines is 1. The Hall–Kier alpha value is -3.65. The molecule has 3 aromatic rings. The van der Waals surface area contributed by atoms with Crippen molar-refractivity contribution in [3.05, 3.63) is 71.4 Å². The van der Waals surface area contributed by atoms with Gasteiger partial charge < -0.3 is 25.3 Å². The quantitative estimate of drug-likeness (QED) is 0.514. The zero-order chi connectivity index (χ0) is 23.2. The van der Waals surface area contributed by atoms with E-state index in [0.717, 1.165) is 22.0 Å². The molecule has 1 aliphatic rings. The minimum absolute atomic E-state index is 0.0154. The van der Waals surface area contributed by atoms with Crippen LogP contribution in [0.2, 0.25) is 0 Å². The molecule has 1 saturated heterocycles. The van der Waals surface area contributed by atoms with E-state index < -0.39 is 6.04 Å². The summed E-state index contributed by atoms with van der Waals surface area (Å²) in [6.07, 6.45) is 2.25. The van der Waals surface area contributed by atoms with Gasteiger partial charge in [-0.25, -0.2) is 0 Å². The van der Waals surface area contributed by atoms with Crippen LogP contribution in [0.5, 0.6) is 0 Å². The highest BCUT2D eigenvalue weighted by atomic mass is 16.5. The van der Waals surface area contributed by atoms with E-state index >= 15 is 0 Å². The van der Waals surface area contributed by atoms with E-state index in [2.05, 4.69) is 15.6 Å². The maximum Gasteiger partial charge on any atom is 0.254 e. The van der Waals surface area contributed by atoms with Crippen LogP contribution < -0.4 is 10.6 Å². The second-order valence-corrected chi connectivity index (χ2v) is 8.14. The molecule has 1 aliphatic heterocycles. The number of amides is 3. The fourth-order valence-electron chi connectivity index (χ4n) is 4.00. The Bertz CT molecular complexity index is 1130. The average molecular weight is 449 g/mol. The third-order valence-electron chi connectivity index (χ3n) is 5.76. The first-order valence-corrected chi connectivity index (χ1v) is 11.1. The van der Waals surface area contributed by atoms with Gasteiger partial charge in [0.2, 0.25) is 11.8 Å². The van der Waals surface area contributed by atoms with Crippen LogP contribution in [-0.4, -0.2) is 60.0 Å². The summed E-state index contributed by atoms with van der Waals surface area (Å²) in [6, 6.07) is 14.4. The topological polar surface area (TPSA) is 104 Å². The van der Waals surface area contributed by atoms with Gasteiger partial charge >= 0.3 is 0 Å². The molecular weight excluding hydrogens is 420 g/mol. The van der Waals surface area contributed by atoms with E-state index in [1.807, 2.05) is 42.6 Å². The van der Waals surface area contributed by atoms with Crippen LogP contribution >= 0.6 is 0 Å². The second kappa shape index (κ2) is 10.3. The lowest BCUT2D eigenvalue weighted by Crippen LogP contribution is -2.47. The summed E-state index contributed by atoms with van der Waals surface area (Å²) in [7, 11) is 0. The second-order valence-electron chi connectivity index (χ2n) is 8.14. The standard InChI is InChI=1S/C25H28N4O4/c1-17(30)28-23(14-20-16-26-22-5-3-2-4-21(20)22)24(31)27-15-18-6-8-19(9-7-18)25(32)29-10-12-33-13-11-29/h2-9,16,23,26H,10-15H2,1H3,(H,27,31)(H,28,30)/t23-/m0/s1. The van der Waals surface area contributed by atoms with Crippen LogP contribution in [0.3, 0.4) is 0 Å². The molecule has 8 nitrogen and oxygen atoms in total. The van der Waals surface area contributed by atoms with Gasteiger partial charge in [-0.05, 0) is 29.3 Å². The highest BCUT2D eigenvalue weighted by Gasteiger charge is 2.22. The molecule has 0 unspecified atom stereocenters. The Morgan fingerprint density at radius 2 is 1.79 bits per heavy atom. The first kappa shape index (κ1) is 22.5. The molecule has 0 aliphatic carbocycles. The van der Waals surface area contributed by atoms with E-state index in [0.29, 0.717) is 44.8 Å². The molecule has 3 amide bonds. The Labute approximate surface area is 192 Å². The number of hydrogen-bond donors (Lipinski definition) is 3. The summed E-state index contributed by atoms with van der Waals surface area (Å²) < 4.78 is 5.29. The number of H-pyrrole nitrogens is 1. The number of nitrogens with zero attached hydrogens (tertiary/aromatic N) is 1. The van der Waals surface area contributed by atoms with Crippen LogP contribution in [0.1, 0.15) is 28.4 Å². The van der Waals surface area contributed by atoms with Crippen molar-refractivity contribution in [1.29, 1.82) is 0 Å². The number of rotatable bonds is 7. The van der Waals surface area contributed by atoms with Gasteiger partial charge in [0.25, 0.3) is 5.91 Å². The van der Waals surface area contributed by atoms with Crippen molar-refractivity contribution >= 4 is 28.6 Å². The number of fused-ring (bicyclic) bond motifs is 1. The number of ether oxygens (including phenoxy) is 1. The molecule has 4 rings (SSSR count). The molecular formula is C25H28N4O4. The zero-order valence-electron chi connectivity index (χ0n) is 18.6. The number of carbonyl (C=O) groups excluding carboxylic acids is 3. The van der Waals surface area contributed by atoms with E-state index in [-0.39, 0.29) is 17.7 Å². The van der Waals surface area contributed by atoms with Gasteiger partial charge in [-0.1, -0.05) is 30.3 Å². The van der Waals surface area contributed by atoms with Gasteiger partial charge in [-0.3, -0.25) is 14.4 Å². The highest BCUT2D eigenvalue weighted by Crippen LogP contribution is 2.19. The molecule has 33 heavy (non-hydrogen) atoms. The van der Waals surface area contributed by atoms with Crippen LogP contribution in [0.15, 0.2) is 54.7 Å². The van der Waals surface area contributed by atoms with Crippen LogP contribution in [0.4, 0.5) is 0 Å². The third-order valence-corrected chi connectivity index (χ3v) is 5.76. The number of nitrogens with one attached hydrogen (secondary N) is 3. The van der Waals surface area contributed by atoms with Gasteiger partial charge in [-0.2, -0.15) is 0 Å². The predicted molar refractivity (Wildman–Crippen MR) is 125 cm³/mol. The fourth-order valence-corrected chi connectivity index (χ4v) is 4.00. The largest absolute Gasteiger partial charge is 0.378 e. The molecule has 0 saturated carbocycles. The normalized spacial score (nSPS) is 14.6. The number of hydrogen-bond acceptors (Lipinski definition) is 4. The van der Waals surface area contributed by atoms with Crippen molar-refractivity contribution in [2.45, 2.75) is 25.9 Å². The van der Waals surface area contributed by atoms with Gasteiger partial charge in [-0.15, -0.1) is 0 Å². The van der Waals surface area contributed by atoms with Crippen LogP contribution in [-0.2, 0) is 27.3 Å². The van der Waals surface area contributed by atoms with Crippen LogP contribution in [0, 0.1) is 0 Å². The van der Waals surface area contributed by atoms with Gasteiger partial charge in [0.05, 0.1) is 13.2 Å². The summed E-state index contributed by atoms with van der Waals surface area (Å²) in [4.78, 5) is 42.2. The molecule has 0 spiro atoms. The lowest BCUT2D eigenvalue weighted by molar-refractivity contribution is -0.128. The van der Waals surface area contributed by atoms with Gasteiger partial charge in [0, 0.05) is 55.6 Å². The lowest BCUT2D eigenvalue weighted by atomic mass is 10.0. The Kier molecular flexibility index (Phi) is 7.04. The number of benzene rings is 2. The number of para-hydroxylation sites is 1. The number of carbonyl (C=O) groups is 3. The molecule has 2 heterocycles. The molecule has 1 aromatic heterocycles. The summed E-state index contributed by atoms with van der Waals surface area (Å²) in [6.45, 7) is 4.01. The first-order valence-electron chi connectivity index (χ1n) is 11.1. The van der Waals surface area contributed by atoms with E-state index in [9.17, 15) is 14.4 Å². The van der Waals surface area contributed by atoms with Crippen molar-refractivity contribution in [1.82, 2.24) is 20.5 Å². The van der Waals surface area contributed by atoms with Crippen molar-refractivity contribution in [3.63, 3.8) is 0 Å². The third kappa shape index (κ3) is 5.59. The summed E-state index contributed by atoms with van der Waals surface area (Å²) >= 11 is 0. The van der Waals surface area contributed by atoms with Gasteiger partial charge in [0.15, 0.2) is 0 Å². The first-order chi connectivity index (χ1) is 16.0. The minimum Gasteiger partial charge on any atom is -0.378 e. The Morgan fingerprint density at radius 1 is 1.06 bits per heavy atom. The fraction of sp³-hybridized carbons (Fsp3) is 0.320. The monoisotopic (exact) mass is 448 g/mol. The summed E-state index contributed by atoms with van der Waals surface area (Å²) in [5, 5.41) is 6.68. The Balaban J connectivity index is 1.37. The molecule has 1 atom stereocenters. The van der Waals surface area contributed by atoms with Crippen molar-refractivity contribution in [2.24, 2.45) is 0 Å². The van der Waals surface area contributed by atoms with Gasteiger partial charge in [0.1, 0.15) is 6.04 Å². The summed E-state index contributed by atoms with van der Waals surface area (Å²) in [5.41, 5.74) is 3.43. The zero-order valence-corrected chi connectivity index (χ0v) is 18.6. The molecule has 2 aromatic carbocycles. The maximum atomic E-state index is 12.9. The lowest BCUT2D eigenvalue weighted by Gasteiger charge is -2.26. The van der Waals surface area contributed by atoms with Crippen LogP contribution in [0.25, 0.3) is 10.9 Å². The highest BCUT2D eigenvalue weighted by molar-refractivity contribution is 5.94. The molecule has 3 N–H and O–H groups in total. The number of morpholine rings is 1. The van der Waals surface area contributed by atoms with E-state index in [1.165, 1.54) is 6.92 Å². The Morgan fingerprint density at radius 3 is 2.52 bits per heavy atom. The predicted octanol–water partition coefficient (Wildman–Crippen LogP) is 2.00. The van der Waals surface area contributed by atoms with Crippen molar-refractivity contribution < 1.29 is 19.1 Å². The molecule has 8 heteroatoms. The van der Waals surface area contributed by atoms with E-state index in [1.54, 1.807) is 17.0 Å². The molecule has 1 fully saturated rings. The smallest absolute Gasteiger partial charge is 0.254 e. The van der Waals surface area contributed by atoms with E-state index in [4.69, 9.17) is 4.74 Å². The maximum absolute atomic E-state index is 12.9. The number of aromatic nitrogens is 1. The van der Waals surface area contributed by atoms with Crippen molar-refractivity contribution in [3.8, 4) is 0 Å². The minimum atomic E-state index is -0.691.